The van der Waals surface area contributed by atoms with Gasteiger partial charge in [-0.25, -0.2) is 0 Å². The Morgan fingerprint density at radius 1 is 1.40 bits per heavy atom. The normalized spacial score (nSPS) is 21.2. The highest BCUT2D eigenvalue weighted by Gasteiger charge is 2.31. The molecule has 0 aromatic heterocycles. The van der Waals surface area contributed by atoms with Crippen LogP contribution in [-0.2, 0) is 11.3 Å². The summed E-state index contributed by atoms with van der Waals surface area (Å²) < 4.78 is 6.05. The third kappa shape index (κ3) is 5.12. The van der Waals surface area contributed by atoms with E-state index in [4.69, 9.17) is 4.74 Å². The smallest absolute Gasteiger partial charge is 0.0677 e. The minimum atomic E-state index is 0.0805. The van der Waals surface area contributed by atoms with Crippen LogP contribution < -0.4 is 5.32 Å². The largest absolute Gasteiger partial charge is 0.371 e. The van der Waals surface area contributed by atoms with Gasteiger partial charge in [-0.05, 0) is 57.4 Å². The Hall–Kier alpha value is -0.510. The van der Waals surface area contributed by atoms with Crippen molar-refractivity contribution >= 4 is 11.8 Å². The molecule has 112 valence electrons. The molecule has 1 aromatic rings. The molecule has 0 amide bonds. The first-order valence-corrected chi connectivity index (χ1v) is 8.68. The van der Waals surface area contributed by atoms with Gasteiger partial charge in [0.15, 0.2) is 0 Å². The Balaban J connectivity index is 1.79. The van der Waals surface area contributed by atoms with Crippen molar-refractivity contribution in [3.63, 3.8) is 0 Å². The Labute approximate surface area is 127 Å². The molecule has 1 aliphatic heterocycles. The SMILES string of the molecule is CCCNCc1cccc(SCC2CCC(C)(C)O2)c1. The predicted octanol–water partition coefficient (Wildman–Crippen LogP) is 4.24. The molecule has 1 heterocycles. The van der Waals surface area contributed by atoms with E-state index >= 15 is 0 Å². The van der Waals surface area contributed by atoms with Crippen LogP contribution in [0.4, 0.5) is 0 Å². The molecule has 2 rings (SSSR count). The summed E-state index contributed by atoms with van der Waals surface area (Å²) in [5.41, 5.74) is 1.45. The van der Waals surface area contributed by atoms with Gasteiger partial charge < -0.3 is 10.1 Å². The fraction of sp³-hybridized carbons (Fsp3) is 0.647. The van der Waals surface area contributed by atoms with Gasteiger partial charge in [-0.1, -0.05) is 19.1 Å². The number of hydrogen-bond donors (Lipinski definition) is 1. The van der Waals surface area contributed by atoms with Crippen molar-refractivity contribution in [3.05, 3.63) is 29.8 Å². The van der Waals surface area contributed by atoms with Gasteiger partial charge >= 0.3 is 0 Å². The van der Waals surface area contributed by atoms with Crippen LogP contribution in [0.3, 0.4) is 0 Å². The van der Waals surface area contributed by atoms with E-state index in [1.807, 2.05) is 11.8 Å². The topological polar surface area (TPSA) is 21.3 Å². The van der Waals surface area contributed by atoms with Crippen molar-refractivity contribution in [2.24, 2.45) is 0 Å². The maximum atomic E-state index is 6.05. The van der Waals surface area contributed by atoms with E-state index in [0.29, 0.717) is 6.10 Å². The lowest BCUT2D eigenvalue weighted by Crippen LogP contribution is -2.21. The molecule has 1 aromatic carbocycles. The second-order valence-corrected chi connectivity index (χ2v) is 7.27. The Morgan fingerprint density at radius 2 is 2.25 bits per heavy atom. The Kier molecular flexibility index (Phi) is 5.94. The van der Waals surface area contributed by atoms with Crippen LogP contribution in [0, 0.1) is 0 Å². The van der Waals surface area contributed by atoms with E-state index in [0.717, 1.165) is 18.8 Å². The molecule has 0 saturated carbocycles. The molecule has 1 aliphatic rings. The lowest BCUT2D eigenvalue weighted by Gasteiger charge is -2.19. The fourth-order valence-electron chi connectivity index (χ4n) is 2.54. The van der Waals surface area contributed by atoms with Gasteiger partial charge in [-0.3, -0.25) is 0 Å². The Morgan fingerprint density at radius 3 is 2.95 bits per heavy atom. The molecule has 0 radical (unpaired) electrons. The monoisotopic (exact) mass is 293 g/mol. The highest BCUT2D eigenvalue weighted by molar-refractivity contribution is 7.99. The lowest BCUT2D eigenvalue weighted by atomic mass is 10.1. The van der Waals surface area contributed by atoms with Crippen LogP contribution in [0.5, 0.6) is 0 Å². The molecule has 1 saturated heterocycles. The minimum absolute atomic E-state index is 0.0805. The molecule has 0 bridgehead atoms. The molecule has 1 fully saturated rings. The number of rotatable bonds is 7. The van der Waals surface area contributed by atoms with E-state index < -0.39 is 0 Å². The second kappa shape index (κ2) is 7.48. The van der Waals surface area contributed by atoms with Crippen LogP contribution in [0.25, 0.3) is 0 Å². The highest BCUT2D eigenvalue weighted by atomic mass is 32.2. The number of ether oxygens (including phenoxy) is 1. The summed E-state index contributed by atoms with van der Waals surface area (Å²) in [5, 5.41) is 3.45. The van der Waals surface area contributed by atoms with Crippen LogP contribution >= 0.6 is 11.8 Å². The molecular formula is C17H27NOS. The number of thioether (sulfide) groups is 1. The third-order valence-corrected chi connectivity index (χ3v) is 4.77. The summed E-state index contributed by atoms with van der Waals surface area (Å²) in [5.74, 6) is 1.06. The van der Waals surface area contributed by atoms with Gasteiger partial charge in [0, 0.05) is 17.2 Å². The van der Waals surface area contributed by atoms with Crippen LogP contribution in [-0.4, -0.2) is 24.0 Å². The molecule has 3 heteroatoms. The average molecular weight is 293 g/mol. The molecule has 0 spiro atoms. The van der Waals surface area contributed by atoms with E-state index in [9.17, 15) is 0 Å². The van der Waals surface area contributed by atoms with Crippen molar-refractivity contribution in [2.45, 2.75) is 63.2 Å². The molecule has 1 atom stereocenters. The van der Waals surface area contributed by atoms with Crippen LogP contribution in [0.15, 0.2) is 29.2 Å². The summed E-state index contributed by atoms with van der Waals surface area (Å²) >= 11 is 1.92. The average Bonchev–Trinajstić information content (AvgIpc) is 2.77. The van der Waals surface area contributed by atoms with E-state index in [1.165, 1.54) is 29.7 Å². The molecule has 1 unspecified atom stereocenters. The quantitative estimate of drug-likeness (QED) is 0.600. The maximum Gasteiger partial charge on any atom is 0.0677 e. The first-order chi connectivity index (χ1) is 9.59. The molecule has 20 heavy (non-hydrogen) atoms. The van der Waals surface area contributed by atoms with Crippen molar-refractivity contribution < 1.29 is 4.74 Å². The summed E-state index contributed by atoms with van der Waals surface area (Å²) in [6.45, 7) is 8.63. The van der Waals surface area contributed by atoms with E-state index in [-0.39, 0.29) is 5.60 Å². The molecule has 1 N–H and O–H groups in total. The number of nitrogens with one attached hydrogen (secondary N) is 1. The van der Waals surface area contributed by atoms with Crippen molar-refractivity contribution in [2.75, 3.05) is 12.3 Å². The van der Waals surface area contributed by atoms with Crippen molar-refractivity contribution in [1.82, 2.24) is 5.32 Å². The molecule has 2 nitrogen and oxygen atoms in total. The standard InChI is InChI=1S/C17H27NOS/c1-4-10-18-12-14-6-5-7-16(11-14)20-13-15-8-9-17(2,3)19-15/h5-7,11,15,18H,4,8-10,12-13H2,1-3H3. The van der Waals surface area contributed by atoms with E-state index in [1.54, 1.807) is 0 Å². The van der Waals surface area contributed by atoms with Gasteiger partial charge in [0.05, 0.1) is 11.7 Å². The van der Waals surface area contributed by atoms with Crippen LogP contribution in [0.2, 0.25) is 0 Å². The van der Waals surface area contributed by atoms with E-state index in [2.05, 4.69) is 50.4 Å². The second-order valence-electron chi connectivity index (χ2n) is 6.17. The van der Waals surface area contributed by atoms with Gasteiger partial charge in [-0.2, -0.15) is 0 Å². The lowest BCUT2D eigenvalue weighted by molar-refractivity contribution is -0.00466. The molecule has 0 aliphatic carbocycles. The summed E-state index contributed by atoms with van der Waals surface area (Å²) in [4.78, 5) is 1.36. The minimum Gasteiger partial charge on any atom is -0.371 e. The zero-order valence-electron chi connectivity index (χ0n) is 12.9. The zero-order valence-corrected chi connectivity index (χ0v) is 13.8. The first-order valence-electron chi connectivity index (χ1n) is 7.69. The highest BCUT2D eigenvalue weighted by Crippen LogP contribution is 2.32. The maximum absolute atomic E-state index is 6.05. The first kappa shape index (κ1) is 15.9. The fourth-order valence-corrected chi connectivity index (χ4v) is 3.56. The zero-order chi connectivity index (χ0) is 14.4. The summed E-state index contributed by atoms with van der Waals surface area (Å²) in [6, 6.07) is 8.86. The van der Waals surface area contributed by atoms with Crippen molar-refractivity contribution in [1.29, 1.82) is 0 Å². The summed E-state index contributed by atoms with van der Waals surface area (Å²) in [6.07, 6.45) is 3.97. The van der Waals surface area contributed by atoms with Gasteiger partial charge in [-0.15, -0.1) is 11.8 Å². The predicted molar refractivity (Wildman–Crippen MR) is 87.3 cm³/mol. The van der Waals surface area contributed by atoms with Gasteiger partial charge in [0.2, 0.25) is 0 Å². The number of benzene rings is 1. The third-order valence-electron chi connectivity index (χ3n) is 3.64. The van der Waals surface area contributed by atoms with Crippen LogP contribution in [0.1, 0.15) is 45.6 Å². The van der Waals surface area contributed by atoms with Gasteiger partial charge in [0.1, 0.15) is 0 Å². The Bertz CT molecular complexity index is 419. The number of hydrogen-bond acceptors (Lipinski definition) is 3. The van der Waals surface area contributed by atoms with Crippen molar-refractivity contribution in [3.8, 4) is 0 Å². The van der Waals surface area contributed by atoms with Gasteiger partial charge in [0.25, 0.3) is 0 Å². The summed E-state index contributed by atoms with van der Waals surface area (Å²) in [7, 11) is 0. The molecular weight excluding hydrogens is 266 g/mol.